The van der Waals surface area contributed by atoms with Crippen molar-refractivity contribution in [2.75, 3.05) is 0 Å². The molecule has 0 saturated heterocycles. The Morgan fingerprint density at radius 1 is 1.19 bits per heavy atom. The number of aryl methyl sites for hydroxylation is 1. The Morgan fingerprint density at radius 3 is 2.62 bits per heavy atom. The molecule has 1 aliphatic heterocycles. The van der Waals surface area contributed by atoms with Crippen LogP contribution in [0.15, 0.2) is 58.4 Å². The van der Waals surface area contributed by atoms with Crippen molar-refractivity contribution in [3.8, 4) is 0 Å². The highest BCUT2D eigenvalue weighted by Gasteiger charge is 2.26. The molecule has 0 bridgehead atoms. The molecule has 0 aromatic heterocycles. The van der Waals surface area contributed by atoms with Gasteiger partial charge in [-0.15, -0.1) is 11.8 Å². The van der Waals surface area contributed by atoms with E-state index in [9.17, 15) is 9.90 Å². The zero-order valence-electron chi connectivity index (χ0n) is 11.6. The van der Waals surface area contributed by atoms with Crippen LogP contribution in [0.4, 0.5) is 5.69 Å². The quantitative estimate of drug-likeness (QED) is 0.909. The maximum absolute atomic E-state index is 11.5. The number of nitrogens with zero attached hydrogens (tertiary/aromatic N) is 1. The van der Waals surface area contributed by atoms with Crippen LogP contribution in [0.5, 0.6) is 0 Å². The summed E-state index contributed by atoms with van der Waals surface area (Å²) in [4.78, 5) is 17.1. The summed E-state index contributed by atoms with van der Waals surface area (Å²) in [6, 6.07) is 15.8. The summed E-state index contributed by atoms with van der Waals surface area (Å²) in [6.07, 6.45) is 0.428. The zero-order valence-corrected chi connectivity index (χ0v) is 12.4. The van der Waals surface area contributed by atoms with E-state index in [1.165, 1.54) is 17.3 Å². The molecule has 2 aromatic rings. The van der Waals surface area contributed by atoms with E-state index in [4.69, 9.17) is 4.99 Å². The van der Waals surface area contributed by atoms with Crippen LogP contribution >= 0.6 is 11.8 Å². The molecule has 0 saturated carbocycles. The normalized spacial score (nSPS) is 17.6. The Bertz CT molecular complexity index is 707. The predicted octanol–water partition coefficient (Wildman–Crippen LogP) is 4.06. The van der Waals surface area contributed by atoms with Crippen molar-refractivity contribution in [2.45, 2.75) is 23.5 Å². The monoisotopic (exact) mass is 297 g/mol. The standard InChI is InChI=1S/C17H15NO2S/c1-11-6-8-12(9-7-11)14-10-16(17(19)20)21-15-5-3-2-4-13(15)18-14/h2-9,16H,10H2,1H3,(H,19,20)/t16-/m1/s1. The van der Waals surface area contributed by atoms with Crippen LogP contribution < -0.4 is 0 Å². The lowest BCUT2D eigenvalue weighted by molar-refractivity contribution is -0.136. The molecule has 1 aliphatic rings. The van der Waals surface area contributed by atoms with Crippen LogP contribution in [0.25, 0.3) is 0 Å². The Kier molecular flexibility index (Phi) is 3.80. The first-order valence-electron chi connectivity index (χ1n) is 6.76. The topological polar surface area (TPSA) is 49.7 Å². The van der Waals surface area contributed by atoms with E-state index in [2.05, 4.69) is 0 Å². The van der Waals surface area contributed by atoms with Gasteiger partial charge in [-0.25, -0.2) is 0 Å². The highest BCUT2D eigenvalue weighted by atomic mass is 32.2. The number of carboxylic acid groups (broad SMARTS) is 1. The SMILES string of the molecule is Cc1ccc(C2=Nc3ccccc3S[C@@H](C(=O)O)C2)cc1. The summed E-state index contributed by atoms with van der Waals surface area (Å²) >= 11 is 1.37. The molecule has 0 spiro atoms. The van der Waals surface area contributed by atoms with E-state index in [0.717, 1.165) is 21.9 Å². The lowest BCUT2D eigenvalue weighted by Crippen LogP contribution is -2.20. The molecule has 21 heavy (non-hydrogen) atoms. The van der Waals surface area contributed by atoms with E-state index in [-0.39, 0.29) is 0 Å². The lowest BCUT2D eigenvalue weighted by Gasteiger charge is -2.10. The number of thioether (sulfide) groups is 1. The van der Waals surface area contributed by atoms with Crippen LogP contribution in [0.1, 0.15) is 17.5 Å². The summed E-state index contributed by atoms with van der Waals surface area (Å²) < 4.78 is 0. The molecule has 106 valence electrons. The maximum atomic E-state index is 11.5. The molecule has 1 atom stereocenters. The minimum atomic E-state index is -0.795. The van der Waals surface area contributed by atoms with E-state index >= 15 is 0 Å². The number of hydrogen-bond donors (Lipinski definition) is 1. The number of benzene rings is 2. The molecule has 3 nitrogen and oxygen atoms in total. The first-order valence-corrected chi connectivity index (χ1v) is 7.64. The molecule has 0 unspecified atom stereocenters. The molecule has 0 aliphatic carbocycles. The highest BCUT2D eigenvalue weighted by Crippen LogP contribution is 2.37. The molecular weight excluding hydrogens is 282 g/mol. The van der Waals surface area contributed by atoms with Gasteiger partial charge in [0.2, 0.25) is 0 Å². The van der Waals surface area contributed by atoms with Crippen molar-refractivity contribution in [2.24, 2.45) is 4.99 Å². The van der Waals surface area contributed by atoms with Crippen molar-refractivity contribution in [3.63, 3.8) is 0 Å². The number of fused-ring (bicyclic) bond motifs is 1. The molecule has 1 N–H and O–H groups in total. The molecule has 1 heterocycles. The summed E-state index contributed by atoms with van der Waals surface area (Å²) in [5, 5.41) is 8.92. The average Bonchev–Trinajstić information content (AvgIpc) is 2.67. The van der Waals surface area contributed by atoms with Gasteiger partial charge < -0.3 is 5.11 Å². The number of rotatable bonds is 2. The van der Waals surface area contributed by atoms with Gasteiger partial charge in [0.25, 0.3) is 0 Å². The predicted molar refractivity (Wildman–Crippen MR) is 85.7 cm³/mol. The second-order valence-corrected chi connectivity index (χ2v) is 6.29. The maximum Gasteiger partial charge on any atom is 0.317 e. The zero-order chi connectivity index (χ0) is 14.8. The molecule has 2 aromatic carbocycles. The highest BCUT2D eigenvalue weighted by molar-refractivity contribution is 8.00. The number of para-hydroxylation sites is 1. The van der Waals surface area contributed by atoms with Crippen molar-refractivity contribution < 1.29 is 9.90 Å². The molecular formula is C17H15NO2S. The lowest BCUT2D eigenvalue weighted by atomic mass is 10.0. The minimum absolute atomic E-state index is 0.428. The molecule has 0 fully saturated rings. The van der Waals surface area contributed by atoms with Crippen LogP contribution in [0.3, 0.4) is 0 Å². The summed E-state index contributed by atoms with van der Waals surface area (Å²) in [7, 11) is 0. The first-order chi connectivity index (χ1) is 10.1. The van der Waals surface area contributed by atoms with Crippen LogP contribution in [0, 0.1) is 6.92 Å². The van der Waals surface area contributed by atoms with Gasteiger partial charge in [0.1, 0.15) is 5.25 Å². The second kappa shape index (κ2) is 5.74. The van der Waals surface area contributed by atoms with Gasteiger partial charge in [0.05, 0.1) is 11.4 Å². The van der Waals surface area contributed by atoms with Crippen LogP contribution in [0.2, 0.25) is 0 Å². The van der Waals surface area contributed by atoms with E-state index < -0.39 is 11.2 Å². The number of aliphatic imine (C=N–C) groups is 1. The van der Waals surface area contributed by atoms with Gasteiger partial charge in [-0.1, -0.05) is 42.0 Å². The van der Waals surface area contributed by atoms with Gasteiger partial charge in [-0.2, -0.15) is 0 Å². The van der Waals surface area contributed by atoms with E-state index in [1.54, 1.807) is 0 Å². The van der Waals surface area contributed by atoms with Crippen LogP contribution in [-0.4, -0.2) is 22.0 Å². The Labute approximate surface area is 127 Å². The Morgan fingerprint density at radius 2 is 1.90 bits per heavy atom. The van der Waals surface area contributed by atoms with Gasteiger partial charge in [0.15, 0.2) is 0 Å². The largest absolute Gasteiger partial charge is 0.480 e. The summed E-state index contributed by atoms with van der Waals surface area (Å²) in [6.45, 7) is 2.03. The summed E-state index contributed by atoms with van der Waals surface area (Å²) in [5.74, 6) is -0.795. The number of carbonyl (C=O) groups is 1. The number of aliphatic carboxylic acids is 1. The van der Waals surface area contributed by atoms with Crippen molar-refractivity contribution >= 4 is 29.1 Å². The fourth-order valence-corrected chi connectivity index (χ4v) is 3.32. The number of carboxylic acids is 1. The Balaban J connectivity index is 2.07. The van der Waals surface area contributed by atoms with Crippen molar-refractivity contribution in [1.29, 1.82) is 0 Å². The third kappa shape index (κ3) is 3.00. The molecule has 0 radical (unpaired) electrons. The van der Waals surface area contributed by atoms with Gasteiger partial charge >= 0.3 is 5.97 Å². The summed E-state index contributed by atoms with van der Waals surface area (Å²) in [5.41, 5.74) is 3.85. The fourth-order valence-electron chi connectivity index (χ4n) is 2.28. The van der Waals surface area contributed by atoms with Crippen molar-refractivity contribution in [1.82, 2.24) is 0 Å². The van der Waals surface area contributed by atoms with E-state index in [1.807, 2.05) is 55.5 Å². The van der Waals surface area contributed by atoms with Crippen molar-refractivity contribution in [3.05, 3.63) is 59.7 Å². The third-order valence-corrected chi connectivity index (χ3v) is 4.68. The van der Waals surface area contributed by atoms with Gasteiger partial charge in [0, 0.05) is 11.3 Å². The molecule has 3 rings (SSSR count). The average molecular weight is 297 g/mol. The van der Waals surface area contributed by atoms with Gasteiger partial charge in [-0.3, -0.25) is 9.79 Å². The second-order valence-electron chi connectivity index (χ2n) is 5.04. The third-order valence-electron chi connectivity index (χ3n) is 3.43. The molecule has 0 amide bonds. The smallest absolute Gasteiger partial charge is 0.317 e. The molecule has 4 heteroatoms. The van der Waals surface area contributed by atoms with Crippen LogP contribution in [-0.2, 0) is 4.79 Å². The fraction of sp³-hybridized carbons (Fsp3) is 0.176. The number of hydrogen-bond acceptors (Lipinski definition) is 3. The minimum Gasteiger partial charge on any atom is -0.480 e. The van der Waals surface area contributed by atoms with Gasteiger partial charge in [-0.05, 0) is 24.6 Å². The van der Waals surface area contributed by atoms with E-state index in [0.29, 0.717) is 6.42 Å². The first kappa shape index (κ1) is 13.9. The Hall–Kier alpha value is -2.07.